The number of sulfonamides is 1. The fourth-order valence-corrected chi connectivity index (χ4v) is 2.45. The van der Waals surface area contributed by atoms with Gasteiger partial charge in [-0.25, -0.2) is 13.1 Å². The van der Waals surface area contributed by atoms with Crippen LogP contribution in [0.1, 0.15) is 25.8 Å². The first-order chi connectivity index (χ1) is 9.70. The van der Waals surface area contributed by atoms with Crippen LogP contribution in [0, 0.1) is 12.3 Å². The number of hydrogen-bond acceptors (Lipinski definition) is 4. The normalized spacial score (nSPS) is 14.5. The Morgan fingerprint density at radius 2 is 2.00 bits per heavy atom. The minimum atomic E-state index is -3.55. The molecule has 0 saturated carbocycles. The highest BCUT2D eigenvalue weighted by Gasteiger charge is 2.30. The Morgan fingerprint density at radius 3 is 2.48 bits per heavy atom. The summed E-state index contributed by atoms with van der Waals surface area (Å²) < 4.78 is 25.9. The second-order valence-corrected chi connectivity index (χ2v) is 7.14. The van der Waals surface area contributed by atoms with Gasteiger partial charge >= 0.3 is 0 Å². The standard InChI is InChI=1S/C14H23N3O3S/c1-5-14(3,9-15)13(18)17-12-8-11(7-6-10(12)2)21(19,20)16-4/h6-8,16H,5,9,15H2,1-4H3,(H,17,18). The summed E-state index contributed by atoms with van der Waals surface area (Å²) in [6.07, 6.45) is 0.600. The van der Waals surface area contributed by atoms with Crippen molar-refractivity contribution in [3.8, 4) is 0 Å². The van der Waals surface area contributed by atoms with E-state index in [0.717, 1.165) is 5.56 Å². The molecule has 1 aromatic carbocycles. The third-order valence-corrected chi connectivity index (χ3v) is 5.23. The lowest BCUT2D eigenvalue weighted by molar-refractivity contribution is -0.124. The van der Waals surface area contributed by atoms with Crippen molar-refractivity contribution >= 4 is 21.6 Å². The van der Waals surface area contributed by atoms with Gasteiger partial charge in [0.05, 0.1) is 10.3 Å². The van der Waals surface area contributed by atoms with Gasteiger partial charge < -0.3 is 11.1 Å². The molecular weight excluding hydrogens is 290 g/mol. The quantitative estimate of drug-likeness (QED) is 0.735. The molecule has 7 heteroatoms. The highest BCUT2D eigenvalue weighted by Crippen LogP contribution is 2.25. The minimum Gasteiger partial charge on any atom is -0.329 e. The maximum atomic E-state index is 12.3. The molecule has 0 aliphatic heterocycles. The number of nitrogens with one attached hydrogen (secondary N) is 2. The van der Waals surface area contributed by atoms with Crippen molar-refractivity contribution in [2.24, 2.45) is 11.1 Å². The second kappa shape index (κ2) is 6.55. The van der Waals surface area contributed by atoms with Crippen LogP contribution < -0.4 is 15.8 Å². The molecule has 0 fully saturated rings. The SMILES string of the molecule is CCC(C)(CN)C(=O)Nc1cc(S(=O)(=O)NC)ccc1C. The average molecular weight is 313 g/mol. The van der Waals surface area contributed by atoms with E-state index in [1.807, 2.05) is 6.92 Å². The molecule has 1 unspecified atom stereocenters. The van der Waals surface area contributed by atoms with Crippen LogP contribution in [0.25, 0.3) is 0 Å². The monoisotopic (exact) mass is 313 g/mol. The molecule has 0 bridgehead atoms. The van der Waals surface area contributed by atoms with Gasteiger partial charge in [-0.3, -0.25) is 4.79 Å². The highest BCUT2D eigenvalue weighted by atomic mass is 32.2. The van der Waals surface area contributed by atoms with E-state index in [4.69, 9.17) is 5.73 Å². The van der Waals surface area contributed by atoms with Gasteiger partial charge in [0.1, 0.15) is 0 Å². The number of rotatable bonds is 6. The van der Waals surface area contributed by atoms with Crippen LogP contribution >= 0.6 is 0 Å². The van der Waals surface area contributed by atoms with Gasteiger partial charge in [0.15, 0.2) is 0 Å². The molecule has 0 heterocycles. The Bertz CT molecular complexity index is 622. The number of nitrogens with two attached hydrogens (primary N) is 1. The van der Waals surface area contributed by atoms with E-state index in [1.54, 1.807) is 19.9 Å². The lowest BCUT2D eigenvalue weighted by Gasteiger charge is -2.25. The van der Waals surface area contributed by atoms with E-state index in [9.17, 15) is 13.2 Å². The van der Waals surface area contributed by atoms with Gasteiger partial charge in [-0.05, 0) is 45.0 Å². The number of carbonyl (C=O) groups excluding carboxylic acids is 1. The van der Waals surface area contributed by atoms with E-state index in [2.05, 4.69) is 10.0 Å². The summed E-state index contributed by atoms with van der Waals surface area (Å²) in [5, 5.41) is 2.78. The van der Waals surface area contributed by atoms with Crippen molar-refractivity contribution in [1.29, 1.82) is 0 Å². The molecule has 6 nitrogen and oxygen atoms in total. The lowest BCUT2D eigenvalue weighted by atomic mass is 9.86. The molecule has 4 N–H and O–H groups in total. The third kappa shape index (κ3) is 3.81. The summed E-state index contributed by atoms with van der Waals surface area (Å²) in [6.45, 7) is 5.70. The van der Waals surface area contributed by atoms with Gasteiger partial charge in [-0.1, -0.05) is 13.0 Å². The van der Waals surface area contributed by atoms with E-state index in [-0.39, 0.29) is 17.3 Å². The van der Waals surface area contributed by atoms with Gasteiger partial charge in [0, 0.05) is 12.2 Å². The molecule has 1 atom stereocenters. The minimum absolute atomic E-state index is 0.108. The summed E-state index contributed by atoms with van der Waals surface area (Å²) in [6, 6.07) is 4.61. The van der Waals surface area contributed by atoms with Gasteiger partial charge in [-0.15, -0.1) is 0 Å². The van der Waals surface area contributed by atoms with E-state index < -0.39 is 15.4 Å². The summed E-state index contributed by atoms with van der Waals surface area (Å²) in [5.74, 6) is -0.213. The van der Waals surface area contributed by atoms with Crippen LogP contribution in [-0.2, 0) is 14.8 Å². The van der Waals surface area contributed by atoms with Gasteiger partial charge in [0.2, 0.25) is 15.9 Å². The molecule has 21 heavy (non-hydrogen) atoms. The average Bonchev–Trinajstić information content (AvgIpc) is 2.48. The van der Waals surface area contributed by atoms with Crippen molar-refractivity contribution in [3.63, 3.8) is 0 Å². The predicted octanol–water partition coefficient (Wildman–Crippen LogP) is 1.22. The van der Waals surface area contributed by atoms with Crippen molar-refractivity contribution < 1.29 is 13.2 Å². The zero-order valence-electron chi connectivity index (χ0n) is 12.9. The number of carbonyl (C=O) groups is 1. The zero-order valence-corrected chi connectivity index (χ0v) is 13.7. The molecule has 1 amide bonds. The number of benzene rings is 1. The Balaban J connectivity index is 3.15. The Labute approximate surface area is 126 Å². The number of anilines is 1. The van der Waals surface area contributed by atoms with Crippen molar-refractivity contribution in [1.82, 2.24) is 4.72 Å². The van der Waals surface area contributed by atoms with Crippen molar-refractivity contribution in [2.45, 2.75) is 32.1 Å². The van der Waals surface area contributed by atoms with Crippen molar-refractivity contribution in [2.75, 3.05) is 18.9 Å². The summed E-state index contributed by atoms with van der Waals surface area (Å²) in [4.78, 5) is 12.4. The third-order valence-electron chi connectivity index (χ3n) is 3.82. The molecule has 0 aliphatic carbocycles. The number of hydrogen-bond donors (Lipinski definition) is 3. The predicted molar refractivity (Wildman–Crippen MR) is 83.5 cm³/mol. The molecule has 0 aliphatic rings. The first kappa shape index (κ1) is 17.6. The van der Waals surface area contributed by atoms with Crippen molar-refractivity contribution in [3.05, 3.63) is 23.8 Å². The summed E-state index contributed by atoms with van der Waals surface area (Å²) >= 11 is 0. The van der Waals surface area contributed by atoms with Crippen LogP contribution in [0.4, 0.5) is 5.69 Å². The van der Waals surface area contributed by atoms with Crippen LogP contribution in [0.15, 0.2) is 23.1 Å². The maximum Gasteiger partial charge on any atom is 0.240 e. The first-order valence-electron chi connectivity index (χ1n) is 6.76. The maximum absolute atomic E-state index is 12.3. The van der Waals surface area contributed by atoms with Crippen LogP contribution in [0.5, 0.6) is 0 Å². The van der Waals surface area contributed by atoms with Gasteiger partial charge in [0.25, 0.3) is 0 Å². The molecule has 0 saturated heterocycles. The Hall–Kier alpha value is -1.44. The summed E-state index contributed by atoms with van der Waals surface area (Å²) in [7, 11) is -2.20. The molecule has 1 rings (SSSR count). The smallest absolute Gasteiger partial charge is 0.240 e. The molecule has 0 aromatic heterocycles. The van der Waals surface area contributed by atoms with E-state index in [0.29, 0.717) is 12.1 Å². The molecule has 1 aromatic rings. The summed E-state index contributed by atoms with van der Waals surface area (Å²) in [5.41, 5.74) is 6.25. The van der Waals surface area contributed by atoms with E-state index in [1.165, 1.54) is 19.2 Å². The first-order valence-corrected chi connectivity index (χ1v) is 8.24. The fourth-order valence-electron chi connectivity index (χ4n) is 1.69. The zero-order chi connectivity index (χ0) is 16.3. The Kier molecular flexibility index (Phi) is 5.49. The number of aryl methyl sites for hydroxylation is 1. The topological polar surface area (TPSA) is 101 Å². The van der Waals surface area contributed by atoms with Crippen LogP contribution in [-0.4, -0.2) is 27.9 Å². The molecular formula is C14H23N3O3S. The molecule has 118 valence electrons. The molecule has 0 spiro atoms. The Morgan fingerprint density at radius 1 is 1.38 bits per heavy atom. The van der Waals surface area contributed by atoms with Gasteiger partial charge in [-0.2, -0.15) is 0 Å². The lowest BCUT2D eigenvalue weighted by Crippen LogP contribution is -2.39. The fraction of sp³-hybridized carbons (Fsp3) is 0.500. The number of amides is 1. The largest absolute Gasteiger partial charge is 0.329 e. The van der Waals surface area contributed by atoms with Crippen LogP contribution in [0.3, 0.4) is 0 Å². The van der Waals surface area contributed by atoms with Crippen LogP contribution in [0.2, 0.25) is 0 Å². The molecule has 0 radical (unpaired) electrons. The van der Waals surface area contributed by atoms with E-state index >= 15 is 0 Å². The highest BCUT2D eigenvalue weighted by molar-refractivity contribution is 7.89. The second-order valence-electron chi connectivity index (χ2n) is 5.26.